The Bertz CT molecular complexity index is 583. The summed E-state index contributed by atoms with van der Waals surface area (Å²) in [5.41, 5.74) is 6.17. The van der Waals surface area contributed by atoms with Gasteiger partial charge < -0.3 is 5.73 Å². The van der Waals surface area contributed by atoms with Gasteiger partial charge in [-0.3, -0.25) is 4.79 Å². The first-order valence-corrected chi connectivity index (χ1v) is 5.31. The molecule has 0 aliphatic heterocycles. The van der Waals surface area contributed by atoms with E-state index in [-0.39, 0.29) is 16.8 Å². The van der Waals surface area contributed by atoms with Crippen molar-refractivity contribution in [1.82, 2.24) is 0 Å². The second kappa shape index (κ2) is 4.55. The highest BCUT2D eigenvalue weighted by atomic mass is 35.5. The maximum Gasteiger partial charge on any atom is 0.198 e. The zero-order valence-corrected chi connectivity index (χ0v) is 9.54. The van der Waals surface area contributed by atoms with Crippen LogP contribution in [0.5, 0.6) is 0 Å². The molecule has 2 aromatic rings. The maximum atomic E-state index is 13.4. The van der Waals surface area contributed by atoms with Crippen LogP contribution in [0, 0.1) is 5.82 Å². The normalized spacial score (nSPS) is 10.2. The first-order chi connectivity index (χ1) is 8.09. The molecule has 4 heteroatoms. The van der Waals surface area contributed by atoms with Crippen LogP contribution in [0.25, 0.3) is 0 Å². The molecule has 0 aromatic heterocycles. The van der Waals surface area contributed by atoms with Crippen molar-refractivity contribution in [3.63, 3.8) is 0 Å². The molecule has 0 unspecified atom stereocenters. The molecule has 0 aliphatic carbocycles. The van der Waals surface area contributed by atoms with E-state index in [1.54, 1.807) is 12.1 Å². The van der Waals surface area contributed by atoms with Crippen molar-refractivity contribution in [2.75, 3.05) is 5.73 Å². The van der Waals surface area contributed by atoms with Crippen LogP contribution in [0.4, 0.5) is 10.1 Å². The smallest absolute Gasteiger partial charge is 0.198 e. The number of carbonyl (C=O) groups is 1. The van der Waals surface area contributed by atoms with Gasteiger partial charge in [-0.15, -0.1) is 0 Å². The highest BCUT2D eigenvalue weighted by Crippen LogP contribution is 2.22. The van der Waals surface area contributed by atoms with E-state index in [1.807, 2.05) is 0 Å². The molecule has 0 aliphatic rings. The van der Waals surface area contributed by atoms with E-state index in [0.717, 1.165) is 0 Å². The van der Waals surface area contributed by atoms with Gasteiger partial charge in [0.1, 0.15) is 5.82 Å². The second-order valence-corrected chi connectivity index (χ2v) is 3.98. The first-order valence-electron chi connectivity index (χ1n) is 4.94. The summed E-state index contributed by atoms with van der Waals surface area (Å²) in [5.74, 6) is -1.01. The molecular formula is C13H9ClFNO. The fraction of sp³-hybridized carbons (Fsp3) is 0. The average molecular weight is 250 g/mol. The molecular weight excluding hydrogens is 241 g/mol. The Balaban J connectivity index is 2.48. The number of ketones is 1. The maximum absolute atomic E-state index is 13.4. The molecule has 86 valence electrons. The molecule has 0 saturated heterocycles. The third-order valence-corrected chi connectivity index (χ3v) is 2.61. The molecule has 17 heavy (non-hydrogen) atoms. The van der Waals surface area contributed by atoms with Gasteiger partial charge in [-0.25, -0.2) is 4.39 Å². The average Bonchev–Trinajstić information content (AvgIpc) is 2.29. The summed E-state index contributed by atoms with van der Waals surface area (Å²) in [7, 11) is 0. The summed E-state index contributed by atoms with van der Waals surface area (Å²) < 4.78 is 13.4. The number of hydrogen-bond donors (Lipinski definition) is 1. The Morgan fingerprint density at radius 2 is 1.82 bits per heavy atom. The van der Waals surface area contributed by atoms with Gasteiger partial charge in [0.2, 0.25) is 0 Å². The Labute approximate surface area is 103 Å². The molecule has 0 bridgehead atoms. The largest absolute Gasteiger partial charge is 0.398 e. The Morgan fingerprint density at radius 1 is 1.12 bits per heavy atom. The third-order valence-electron chi connectivity index (χ3n) is 2.38. The predicted molar refractivity (Wildman–Crippen MR) is 65.7 cm³/mol. The monoisotopic (exact) mass is 249 g/mol. The van der Waals surface area contributed by atoms with E-state index >= 15 is 0 Å². The van der Waals surface area contributed by atoms with E-state index in [0.29, 0.717) is 5.02 Å². The minimum Gasteiger partial charge on any atom is -0.398 e. The van der Waals surface area contributed by atoms with E-state index in [1.165, 1.54) is 30.3 Å². The second-order valence-electron chi connectivity index (χ2n) is 3.54. The third kappa shape index (κ3) is 2.29. The van der Waals surface area contributed by atoms with Gasteiger partial charge in [0.25, 0.3) is 0 Å². The lowest BCUT2D eigenvalue weighted by Gasteiger charge is -2.06. The van der Waals surface area contributed by atoms with E-state index in [4.69, 9.17) is 17.3 Å². The molecule has 2 N–H and O–H groups in total. The molecule has 2 rings (SSSR count). The summed E-state index contributed by atoms with van der Waals surface area (Å²) in [5, 5.41) is 0.438. The SMILES string of the molecule is Nc1cc(Cl)ccc1C(=O)c1ccccc1F. The number of nitrogens with two attached hydrogens (primary N) is 1. The fourth-order valence-electron chi connectivity index (χ4n) is 1.53. The van der Waals surface area contributed by atoms with E-state index < -0.39 is 11.6 Å². The number of anilines is 1. The molecule has 0 atom stereocenters. The Morgan fingerprint density at radius 3 is 2.47 bits per heavy atom. The van der Waals surface area contributed by atoms with Crippen LogP contribution >= 0.6 is 11.6 Å². The number of carbonyl (C=O) groups excluding carboxylic acids is 1. The quantitative estimate of drug-likeness (QED) is 0.656. The van der Waals surface area contributed by atoms with Gasteiger partial charge in [0, 0.05) is 16.3 Å². The minimum atomic E-state index is -0.563. The lowest BCUT2D eigenvalue weighted by molar-refractivity contribution is 0.103. The van der Waals surface area contributed by atoms with Gasteiger partial charge in [-0.1, -0.05) is 23.7 Å². The van der Waals surface area contributed by atoms with Crippen LogP contribution in [-0.2, 0) is 0 Å². The number of hydrogen-bond acceptors (Lipinski definition) is 2. The minimum absolute atomic E-state index is 0.00141. The summed E-state index contributed by atoms with van der Waals surface area (Å²) in [6.07, 6.45) is 0. The van der Waals surface area contributed by atoms with E-state index in [9.17, 15) is 9.18 Å². The number of nitrogen functional groups attached to an aromatic ring is 1. The lowest BCUT2D eigenvalue weighted by atomic mass is 10.0. The summed E-state index contributed by atoms with van der Waals surface area (Å²) in [6, 6.07) is 10.3. The zero-order chi connectivity index (χ0) is 12.4. The van der Waals surface area contributed by atoms with Crippen LogP contribution < -0.4 is 5.73 Å². The van der Waals surface area contributed by atoms with Gasteiger partial charge in [0.05, 0.1) is 5.56 Å². The summed E-state index contributed by atoms with van der Waals surface area (Å²) in [4.78, 5) is 12.0. The fourth-order valence-corrected chi connectivity index (χ4v) is 1.71. The number of benzene rings is 2. The van der Waals surface area contributed by atoms with Crippen LogP contribution in [0.1, 0.15) is 15.9 Å². The van der Waals surface area contributed by atoms with Crippen molar-refractivity contribution in [3.8, 4) is 0 Å². The number of halogens is 2. The highest BCUT2D eigenvalue weighted by Gasteiger charge is 2.15. The zero-order valence-electron chi connectivity index (χ0n) is 8.78. The lowest BCUT2D eigenvalue weighted by Crippen LogP contribution is -2.07. The molecule has 2 nitrogen and oxygen atoms in total. The molecule has 0 radical (unpaired) electrons. The van der Waals surface area contributed by atoms with Crippen LogP contribution in [-0.4, -0.2) is 5.78 Å². The van der Waals surface area contributed by atoms with Gasteiger partial charge in [-0.05, 0) is 30.3 Å². The van der Waals surface area contributed by atoms with E-state index in [2.05, 4.69) is 0 Å². The standard InChI is InChI=1S/C13H9ClFNO/c14-8-5-6-10(12(16)7-8)13(17)9-3-1-2-4-11(9)15/h1-7H,16H2. The first kappa shape index (κ1) is 11.6. The van der Waals surface area contributed by atoms with Crippen molar-refractivity contribution in [2.45, 2.75) is 0 Å². The van der Waals surface area contributed by atoms with Crippen LogP contribution in [0.2, 0.25) is 5.02 Å². The van der Waals surface area contributed by atoms with Crippen molar-refractivity contribution >= 4 is 23.1 Å². The van der Waals surface area contributed by atoms with Gasteiger partial charge in [0.15, 0.2) is 5.78 Å². The molecule has 0 fully saturated rings. The van der Waals surface area contributed by atoms with Gasteiger partial charge in [-0.2, -0.15) is 0 Å². The van der Waals surface area contributed by atoms with Crippen LogP contribution in [0.15, 0.2) is 42.5 Å². The predicted octanol–water partition coefficient (Wildman–Crippen LogP) is 3.29. The Kier molecular flexibility index (Phi) is 3.11. The van der Waals surface area contributed by atoms with Crippen molar-refractivity contribution in [2.24, 2.45) is 0 Å². The van der Waals surface area contributed by atoms with Crippen LogP contribution in [0.3, 0.4) is 0 Å². The molecule has 0 saturated carbocycles. The molecule has 0 heterocycles. The number of rotatable bonds is 2. The van der Waals surface area contributed by atoms with Crippen molar-refractivity contribution in [3.05, 3.63) is 64.4 Å². The summed E-state index contributed by atoms with van der Waals surface area (Å²) in [6.45, 7) is 0. The molecule has 2 aromatic carbocycles. The Hall–Kier alpha value is -1.87. The molecule has 0 spiro atoms. The van der Waals surface area contributed by atoms with Gasteiger partial charge >= 0.3 is 0 Å². The summed E-state index contributed by atoms with van der Waals surface area (Å²) >= 11 is 5.73. The topological polar surface area (TPSA) is 43.1 Å². The molecule has 0 amide bonds. The highest BCUT2D eigenvalue weighted by molar-refractivity contribution is 6.31. The van der Waals surface area contributed by atoms with Crippen molar-refractivity contribution < 1.29 is 9.18 Å². The van der Waals surface area contributed by atoms with Crippen molar-refractivity contribution in [1.29, 1.82) is 0 Å².